The van der Waals surface area contributed by atoms with E-state index in [1.807, 2.05) is 0 Å². The van der Waals surface area contributed by atoms with Crippen molar-refractivity contribution in [3.05, 3.63) is 28.8 Å². The van der Waals surface area contributed by atoms with Crippen LogP contribution in [0.25, 0.3) is 0 Å². The maximum Gasteiger partial charge on any atom is 0.338 e. The van der Waals surface area contributed by atoms with Gasteiger partial charge in [0.2, 0.25) is 0 Å². The number of carbonyl (C=O) groups is 1. The molecule has 0 aromatic heterocycles. The number of rotatable bonds is 4. The Hall–Kier alpha value is -2.16. The molecule has 96 valence electrons. The van der Waals surface area contributed by atoms with Crippen molar-refractivity contribution in [1.29, 1.82) is 5.26 Å². The summed E-state index contributed by atoms with van der Waals surface area (Å²) in [6, 6.07) is 3.80. The van der Waals surface area contributed by atoms with E-state index in [0.29, 0.717) is 0 Å². The van der Waals surface area contributed by atoms with Crippen LogP contribution in [0.3, 0.4) is 0 Å². The molecule has 0 atom stereocenters. The Kier molecular flexibility index (Phi) is 4.60. The molecule has 6 heteroatoms. The van der Waals surface area contributed by atoms with E-state index in [1.54, 1.807) is 13.0 Å². The normalized spacial score (nSPS) is 10.0. The zero-order chi connectivity index (χ0) is 13.7. The van der Waals surface area contributed by atoms with Crippen molar-refractivity contribution < 1.29 is 23.0 Å². The first-order valence-corrected chi connectivity index (χ1v) is 5.12. The molecule has 0 N–H and O–H groups in total. The Bertz CT molecular complexity index is 495. The molecule has 18 heavy (non-hydrogen) atoms. The monoisotopic (exact) mass is 255 g/mol. The molecule has 0 saturated heterocycles. The van der Waals surface area contributed by atoms with Crippen molar-refractivity contribution in [1.82, 2.24) is 0 Å². The van der Waals surface area contributed by atoms with E-state index in [9.17, 15) is 13.6 Å². The van der Waals surface area contributed by atoms with Crippen LogP contribution in [0.15, 0.2) is 12.1 Å². The molecular formula is C12H11F2NO3. The Morgan fingerprint density at radius 1 is 1.50 bits per heavy atom. The van der Waals surface area contributed by atoms with Crippen LogP contribution in [0, 0.1) is 11.3 Å². The van der Waals surface area contributed by atoms with Gasteiger partial charge in [-0.15, -0.1) is 0 Å². The summed E-state index contributed by atoms with van der Waals surface area (Å²) in [5, 5.41) is 8.83. The number of alkyl halides is 2. The molecule has 0 spiro atoms. The molecule has 0 fully saturated rings. The summed E-state index contributed by atoms with van der Waals surface area (Å²) >= 11 is 0. The van der Waals surface area contributed by atoms with Crippen LogP contribution in [0.1, 0.15) is 34.8 Å². The summed E-state index contributed by atoms with van der Waals surface area (Å²) in [4.78, 5) is 11.5. The Balaban J connectivity index is 3.37. The topological polar surface area (TPSA) is 59.3 Å². The molecule has 0 aliphatic carbocycles. The lowest BCUT2D eigenvalue weighted by Gasteiger charge is -2.10. The van der Waals surface area contributed by atoms with Crippen LogP contribution >= 0.6 is 0 Å². The number of benzene rings is 1. The summed E-state index contributed by atoms with van der Waals surface area (Å²) in [5.41, 5.74) is -0.886. The third-order valence-electron chi connectivity index (χ3n) is 2.21. The number of hydrogen-bond acceptors (Lipinski definition) is 4. The van der Waals surface area contributed by atoms with Gasteiger partial charge in [-0.3, -0.25) is 0 Å². The van der Waals surface area contributed by atoms with Crippen molar-refractivity contribution in [2.45, 2.75) is 13.3 Å². The molecule has 0 aliphatic heterocycles. The fourth-order valence-corrected chi connectivity index (χ4v) is 1.42. The minimum atomic E-state index is -2.87. The first-order valence-electron chi connectivity index (χ1n) is 5.12. The standard InChI is InChI=1S/C12H11F2NO3/c1-3-18-12(16)7-4-8(11(13)14)9(6-15)10(5-7)17-2/h4-5,11H,3H2,1-2H3. The van der Waals surface area contributed by atoms with Crippen LogP contribution in [0.4, 0.5) is 8.78 Å². The smallest absolute Gasteiger partial charge is 0.338 e. The molecule has 0 unspecified atom stereocenters. The van der Waals surface area contributed by atoms with Crippen molar-refractivity contribution in [2.24, 2.45) is 0 Å². The highest BCUT2D eigenvalue weighted by atomic mass is 19.3. The summed E-state index contributed by atoms with van der Waals surface area (Å²) < 4.78 is 35.1. The van der Waals surface area contributed by atoms with Gasteiger partial charge in [0, 0.05) is 5.56 Å². The quantitative estimate of drug-likeness (QED) is 0.776. The van der Waals surface area contributed by atoms with Gasteiger partial charge in [-0.05, 0) is 19.1 Å². The van der Waals surface area contributed by atoms with Crippen LogP contribution in [-0.4, -0.2) is 19.7 Å². The summed E-state index contributed by atoms with van der Waals surface area (Å²) in [7, 11) is 1.24. The molecular weight excluding hydrogens is 244 g/mol. The number of halogens is 2. The van der Waals surface area contributed by atoms with E-state index < -0.39 is 18.0 Å². The highest BCUT2D eigenvalue weighted by molar-refractivity contribution is 5.90. The van der Waals surface area contributed by atoms with E-state index >= 15 is 0 Å². The highest BCUT2D eigenvalue weighted by Crippen LogP contribution is 2.31. The number of nitrogens with zero attached hydrogens (tertiary/aromatic N) is 1. The maximum atomic E-state index is 12.8. The second-order valence-electron chi connectivity index (χ2n) is 3.28. The van der Waals surface area contributed by atoms with Crippen molar-refractivity contribution in [2.75, 3.05) is 13.7 Å². The van der Waals surface area contributed by atoms with Crippen molar-refractivity contribution in [3.8, 4) is 11.8 Å². The minimum absolute atomic E-state index is 0.0667. The van der Waals surface area contributed by atoms with Gasteiger partial charge >= 0.3 is 5.97 Å². The summed E-state index contributed by atoms with van der Waals surface area (Å²) in [5.74, 6) is -0.805. The SMILES string of the molecule is CCOC(=O)c1cc(OC)c(C#N)c(C(F)F)c1. The third kappa shape index (κ3) is 2.74. The third-order valence-corrected chi connectivity index (χ3v) is 2.21. The maximum absolute atomic E-state index is 12.8. The fourth-order valence-electron chi connectivity index (χ4n) is 1.42. The lowest BCUT2D eigenvalue weighted by molar-refractivity contribution is 0.0525. The molecule has 0 radical (unpaired) electrons. The van der Waals surface area contributed by atoms with Gasteiger partial charge in [-0.1, -0.05) is 0 Å². The van der Waals surface area contributed by atoms with E-state index in [-0.39, 0.29) is 23.5 Å². The summed E-state index contributed by atoms with van der Waals surface area (Å²) in [6.07, 6.45) is -2.87. The van der Waals surface area contributed by atoms with Crippen molar-refractivity contribution >= 4 is 5.97 Å². The average Bonchev–Trinajstić information content (AvgIpc) is 2.37. The first-order chi connectivity index (χ1) is 8.54. The Morgan fingerprint density at radius 2 is 2.17 bits per heavy atom. The number of hydrogen-bond donors (Lipinski definition) is 0. The molecule has 0 saturated carbocycles. The number of esters is 1. The molecule has 0 bridgehead atoms. The molecule has 0 amide bonds. The van der Waals surface area contributed by atoms with Crippen LogP contribution < -0.4 is 4.74 Å². The molecule has 1 aromatic rings. The Labute approximate surface area is 103 Å². The zero-order valence-electron chi connectivity index (χ0n) is 9.87. The first kappa shape index (κ1) is 13.9. The van der Waals surface area contributed by atoms with Gasteiger partial charge in [-0.25, -0.2) is 13.6 Å². The van der Waals surface area contributed by atoms with E-state index in [1.165, 1.54) is 13.2 Å². The zero-order valence-corrected chi connectivity index (χ0v) is 9.87. The van der Waals surface area contributed by atoms with Gasteiger partial charge in [0.25, 0.3) is 6.43 Å². The van der Waals surface area contributed by atoms with Crippen LogP contribution in [0.5, 0.6) is 5.75 Å². The van der Waals surface area contributed by atoms with Crippen LogP contribution in [-0.2, 0) is 4.74 Å². The number of carbonyl (C=O) groups excluding carboxylic acids is 1. The molecule has 1 aromatic carbocycles. The van der Waals surface area contributed by atoms with Crippen LogP contribution in [0.2, 0.25) is 0 Å². The van der Waals surface area contributed by atoms with Gasteiger partial charge in [0.1, 0.15) is 17.4 Å². The van der Waals surface area contributed by atoms with Gasteiger partial charge in [0.15, 0.2) is 0 Å². The highest BCUT2D eigenvalue weighted by Gasteiger charge is 2.21. The molecule has 0 aliphatic rings. The lowest BCUT2D eigenvalue weighted by atomic mass is 10.0. The Morgan fingerprint density at radius 3 is 2.61 bits per heavy atom. The largest absolute Gasteiger partial charge is 0.495 e. The number of methoxy groups -OCH3 is 1. The number of nitriles is 1. The number of ether oxygens (including phenoxy) is 2. The molecule has 4 nitrogen and oxygen atoms in total. The summed E-state index contributed by atoms with van der Waals surface area (Å²) in [6.45, 7) is 1.73. The van der Waals surface area contributed by atoms with E-state index in [4.69, 9.17) is 14.7 Å². The van der Waals surface area contributed by atoms with E-state index in [0.717, 1.165) is 6.07 Å². The van der Waals surface area contributed by atoms with Gasteiger partial charge in [0.05, 0.1) is 19.3 Å². The lowest BCUT2D eigenvalue weighted by Crippen LogP contribution is -2.07. The fraction of sp³-hybridized carbons (Fsp3) is 0.333. The second-order valence-corrected chi connectivity index (χ2v) is 3.28. The predicted molar refractivity (Wildman–Crippen MR) is 58.6 cm³/mol. The van der Waals surface area contributed by atoms with Gasteiger partial charge in [-0.2, -0.15) is 5.26 Å². The second kappa shape index (κ2) is 5.96. The van der Waals surface area contributed by atoms with E-state index in [2.05, 4.69) is 0 Å². The molecule has 1 rings (SSSR count). The van der Waals surface area contributed by atoms with Crippen molar-refractivity contribution in [3.63, 3.8) is 0 Å². The van der Waals surface area contributed by atoms with Gasteiger partial charge < -0.3 is 9.47 Å². The molecule has 0 heterocycles. The predicted octanol–water partition coefficient (Wildman–Crippen LogP) is 2.68. The minimum Gasteiger partial charge on any atom is -0.495 e. The average molecular weight is 255 g/mol.